The number of nitrogens with zero attached hydrogens (tertiary/aromatic N) is 3. The van der Waals surface area contributed by atoms with Gasteiger partial charge in [-0.2, -0.15) is 0 Å². The summed E-state index contributed by atoms with van der Waals surface area (Å²) in [5.74, 6) is 1.72. The zero-order valence-electron chi connectivity index (χ0n) is 27.7. The molecule has 6 rings (SSSR count). The summed E-state index contributed by atoms with van der Waals surface area (Å²) in [5, 5.41) is 3.82. The van der Waals surface area contributed by atoms with E-state index in [0.29, 0.717) is 28.6 Å². The average Bonchev–Trinajstić information content (AvgIpc) is 3.38. The van der Waals surface area contributed by atoms with Crippen molar-refractivity contribution >= 4 is 0 Å². The first kappa shape index (κ1) is 29.7. The van der Waals surface area contributed by atoms with E-state index in [1.807, 2.05) is 0 Å². The van der Waals surface area contributed by atoms with Crippen LogP contribution in [0.25, 0.3) is 0 Å². The third-order valence-electron chi connectivity index (χ3n) is 13.4. The number of rotatable bonds is 10. The summed E-state index contributed by atoms with van der Waals surface area (Å²) in [5.41, 5.74) is 9.36. The zero-order chi connectivity index (χ0) is 30.2. The number of allylic oxidation sites excluding steroid dienone is 4. The Bertz CT molecular complexity index is 1230. The molecule has 4 nitrogen and oxygen atoms in total. The van der Waals surface area contributed by atoms with Crippen molar-refractivity contribution in [3.8, 4) is 0 Å². The first-order valence-corrected chi connectivity index (χ1v) is 17.0. The lowest BCUT2D eigenvalue weighted by molar-refractivity contribution is -0.268. The summed E-state index contributed by atoms with van der Waals surface area (Å²) in [7, 11) is 0. The van der Waals surface area contributed by atoms with Crippen LogP contribution in [0.3, 0.4) is 0 Å². The molecule has 230 valence electrons. The maximum absolute atomic E-state index is 4.80. The molecule has 42 heavy (non-hydrogen) atoms. The van der Waals surface area contributed by atoms with Crippen molar-refractivity contribution in [1.29, 1.82) is 0 Å². The SMILES string of the molecule is C=C(N[C@@H](C)C(=C)N1CCN(C2=C(CCC)CCC=C2)CC1)[C@@H]1CC(C)CN1C(=C)C1C(=C)[C@@]2(C)CC3(C)CC1C32C. The van der Waals surface area contributed by atoms with Crippen molar-refractivity contribution in [3.05, 3.63) is 72.4 Å². The fraction of sp³-hybridized carbons (Fsp3) is 0.684. The fourth-order valence-electron chi connectivity index (χ4n) is 10.7. The van der Waals surface area contributed by atoms with E-state index in [1.165, 1.54) is 61.2 Å². The van der Waals surface area contributed by atoms with Gasteiger partial charge in [0.1, 0.15) is 0 Å². The second-order valence-corrected chi connectivity index (χ2v) is 15.6. The normalized spacial score (nSPS) is 39.6. The Labute approximate surface area is 257 Å². The maximum Gasteiger partial charge on any atom is 0.0682 e. The van der Waals surface area contributed by atoms with Crippen molar-refractivity contribution in [2.75, 3.05) is 32.7 Å². The smallest absolute Gasteiger partial charge is 0.0682 e. The summed E-state index contributed by atoms with van der Waals surface area (Å²) >= 11 is 0. The molecule has 1 N–H and O–H groups in total. The van der Waals surface area contributed by atoms with E-state index in [9.17, 15) is 0 Å². The zero-order valence-corrected chi connectivity index (χ0v) is 27.7. The van der Waals surface area contributed by atoms with Gasteiger partial charge in [-0.05, 0) is 85.2 Å². The van der Waals surface area contributed by atoms with Crippen LogP contribution in [0.15, 0.2) is 72.4 Å². The number of nitrogens with one attached hydrogen (secondary N) is 1. The second-order valence-electron chi connectivity index (χ2n) is 15.6. The summed E-state index contributed by atoms with van der Waals surface area (Å²) in [4.78, 5) is 7.71. The van der Waals surface area contributed by atoms with Gasteiger partial charge in [-0.25, -0.2) is 0 Å². The van der Waals surface area contributed by atoms with Gasteiger partial charge < -0.3 is 20.0 Å². The predicted molar refractivity (Wildman–Crippen MR) is 177 cm³/mol. The molecular weight excluding hydrogens is 512 g/mol. The highest BCUT2D eigenvalue weighted by atomic mass is 15.3. The van der Waals surface area contributed by atoms with Crippen LogP contribution in [0, 0.1) is 34.0 Å². The van der Waals surface area contributed by atoms with Crippen molar-refractivity contribution in [2.45, 2.75) is 98.6 Å². The molecule has 0 aromatic rings. The number of likely N-dealkylation sites (tertiary alicyclic amines) is 1. The molecule has 8 atom stereocenters. The topological polar surface area (TPSA) is 21.8 Å². The van der Waals surface area contributed by atoms with E-state index >= 15 is 0 Å². The van der Waals surface area contributed by atoms with E-state index in [0.717, 1.165) is 44.8 Å². The molecule has 0 spiro atoms. The molecule has 2 aliphatic heterocycles. The van der Waals surface area contributed by atoms with E-state index in [4.69, 9.17) is 13.2 Å². The molecular formula is C38H58N4. The van der Waals surface area contributed by atoms with Crippen LogP contribution in [0.1, 0.15) is 86.5 Å². The van der Waals surface area contributed by atoms with Gasteiger partial charge in [0.2, 0.25) is 0 Å². The van der Waals surface area contributed by atoms with Gasteiger partial charge in [-0.3, -0.25) is 0 Å². The second kappa shape index (κ2) is 10.4. The highest BCUT2D eigenvalue weighted by molar-refractivity contribution is 5.46. The van der Waals surface area contributed by atoms with Crippen molar-refractivity contribution in [3.63, 3.8) is 0 Å². The molecule has 0 bridgehead atoms. The summed E-state index contributed by atoms with van der Waals surface area (Å²) in [6, 6.07) is 0.432. The Morgan fingerprint density at radius 3 is 2.48 bits per heavy atom. The molecule has 4 aliphatic carbocycles. The molecule has 3 saturated carbocycles. The van der Waals surface area contributed by atoms with Gasteiger partial charge in [-0.15, -0.1) is 0 Å². The minimum atomic E-state index is 0.155. The van der Waals surface area contributed by atoms with E-state index in [-0.39, 0.29) is 17.5 Å². The van der Waals surface area contributed by atoms with Gasteiger partial charge in [0, 0.05) is 61.4 Å². The minimum Gasteiger partial charge on any atom is -0.379 e. The number of hydrogen-bond acceptors (Lipinski definition) is 4. The Balaban J connectivity index is 1.07. The van der Waals surface area contributed by atoms with Gasteiger partial charge in [0.05, 0.1) is 12.1 Å². The van der Waals surface area contributed by atoms with Gasteiger partial charge in [0.15, 0.2) is 0 Å². The van der Waals surface area contributed by atoms with Crippen molar-refractivity contribution in [1.82, 2.24) is 20.0 Å². The standard InChI is InChI=1S/C38H58N4/c1-11-14-31-15-12-13-16-33(31)41-19-17-40(18-20-41)29(6)27(4)39-28(5)34-21-25(2)23-42(34)30(7)35-26(3)37(9)24-36(8)22-32(35)38(36,37)10/h13,16,25,27,32,34-35,39H,3,5-7,11-12,14-15,17-24H2,1-2,4,8-10H3/t25?,27-,32?,34-,35?,36?,37+,38?/m0/s1. The highest BCUT2D eigenvalue weighted by Crippen LogP contribution is 2.89. The van der Waals surface area contributed by atoms with Crippen LogP contribution >= 0.6 is 0 Å². The van der Waals surface area contributed by atoms with Crippen LogP contribution < -0.4 is 5.32 Å². The number of hydrogen-bond donors (Lipinski definition) is 1. The molecule has 4 heteroatoms. The van der Waals surface area contributed by atoms with E-state index < -0.39 is 0 Å². The van der Waals surface area contributed by atoms with Crippen molar-refractivity contribution < 1.29 is 0 Å². The van der Waals surface area contributed by atoms with Gasteiger partial charge >= 0.3 is 0 Å². The molecule has 0 radical (unpaired) electrons. The first-order chi connectivity index (χ1) is 19.9. The molecule has 0 aromatic heterocycles. The lowest BCUT2D eigenvalue weighted by Gasteiger charge is -2.76. The molecule has 2 saturated heterocycles. The highest BCUT2D eigenvalue weighted by Gasteiger charge is 2.82. The quantitative estimate of drug-likeness (QED) is 0.270. The summed E-state index contributed by atoms with van der Waals surface area (Å²) < 4.78 is 0. The third-order valence-corrected chi connectivity index (χ3v) is 13.4. The third kappa shape index (κ3) is 4.13. The summed E-state index contributed by atoms with van der Waals surface area (Å²) in [6.45, 7) is 38.5. The van der Waals surface area contributed by atoms with Crippen LogP contribution in [0.2, 0.25) is 0 Å². The fourth-order valence-corrected chi connectivity index (χ4v) is 10.7. The Hall–Kier alpha value is -2.36. The molecule has 6 aliphatic rings. The van der Waals surface area contributed by atoms with Crippen molar-refractivity contribution in [2.24, 2.45) is 34.0 Å². The Kier molecular flexibility index (Phi) is 7.34. The lowest BCUT2D eigenvalue weighted by atomic mass is 9.28. The van der Waals surface area contributed by atoms with Crippen LogP contribution in [-0.2, 0) is 0 Å². The summed E-state index contributed by atoms with van der Waals surface area (Å²) in [6.07, 6.45) is 13.4. The van der Waals surface area contributed by atoms with E-state index in [1.54, 1.807) is 5.57 Å². The molecule has 2 heterocycles. The average molecular weight is 571 g/mol. The van der Waals surface area contributed by atoms with Gasteiger partial charge in [-0.1, -0.05) is 79.0 Å². The lowest BCUT2D eigenvalue weighted by Crippen LogP contribution is -2.69. The van der Waals surface area contributed by atoms with Crippen LogP contribution in [-0.4, -0.2) is 59.5 Å². The Morgan fingerprint density at radius 1 is 1.12 bits per heavy atom. The minimum absolute atomic E-state index is 0.155. The van der Waals surface area contributed by atoms with E-state index in [2.05, 4.69) is 86.9 Å². The first-order valence-electron chi connectivity index (χ1n) is 17.0. The van der Waals surface area contributed by atoms with Gasteiger partial charge in [0.25, 0.3) is 0 Å². The van der Waals surface area contributed by atoms with Crippen LogP contribution in [0.5, 0.6) is 0 Å². The molecule has 5 unspecified atom stereocenters. The maximum atomic E-state index is 4.80. The molecule has 5 fully saturated rings. The molecule has 0 amide bonds. The largest absolute Gasteiger partial charge is 0.379 e. The van der Waals surface area contributed by atoms with Crippen LogP contribution in [0.4, 0.5) is 0 Å². The monoisotopic (exact) mass is 570 g/mol. The predicted octanol–water partition coefficient (Wildman–Crippen LogP) is 7.87. The Morgan fingerprint density at radius 2 is 1.83 bits per heavy atom. The molecule has 0 aromatic carbocycles. The number of piperazine rings is 1.